The minimum absolute atomic E-state index is 0. The highest BCUT2D eigenvalue weighted by atomic mass is 35.5. The fourth-order valence-corrected chi connectivity index (χ4v) is 6.04. The Morgan fingerprint density at radius 3 is 2.21 bits per heavy atom. The largest absolute Gasteiger partial charge is 0.369 e. The van der Waals surface area contributed by atoms with Crippen LogP contribution >= 0.6 is 35.6 Å². The molecule has 5 aromatic rings. The van der Waals surface area contributed by atoms with Crippen LogP contribution in [0.1, 0.15) is 17.8 Å². The van der Waals surface area contributed by atoms with Crippen LogP contribution in [0, 0.1) is 0 Å². The lowest BCUT2D eigenvalue weighted by Crippen LogP contribution is -2.44. The number of halogens is 3. The molecule has 222 valence electrons. The van der Waals surface area contributed by atoms with Crippen molar-refractivity contribution in [1.82, 2.24) is 24.8 Å². The number of likely N-dealkylation sites (N-methyl/N-ethyl adjacent to an activating group) is 1. The lowest BCUT2D eigenvalue weighted by Gasteiger charge is -2.34. The van der Waals surface area contributed by atoms with E-state index in [9.17, 15) is 0 Å². The van der Waals surface area contributed by atoms with Crippen LogP contribution in [0.15, 0.2) is 60.7 Å². The molecule has 3 aromatic carbocycles. The van der Waals surface area contributed by atoms with Gasteiger partial charge in [0.05, 0.1) is 22.1 Å². The third kappa shape index (κ3) is 6.97. The third-order valence-corrected chi connectivity index (χ3v) is 8.37. The number of aromatic amines is 2. The van der Waals surface area contributed by atoms with Crippen molar-refractivity contribution in [2.24, 2.45) is 0 Å². The maximum Gasteiger partial charge on any atom is 0.138 e. The Bertz CT molecular complexity index is 1580. The van der Waals surface area contributed by atoms with Crippen LogP contribution in [0.3, 0.4) is 0 Å². The van der Waals surface area contributed by atoms with E-state index < -0.39 is 0 Å². The molecule has 2 aromatic heterocycles. The molecule has 1 fully saturated rings. The van der Waals surface area contributed by atoms with Gasteiger partial charge in [0, 0.05) is 74.4 Å². The molecule has 1 aliphatic rings. The Labute approximate surface area is 263 Å². The van der Waals surface area contributed by atoms with Crippen LogP contribution in [0.25, 0.3) is 33.5 Å². The number of nitrogens with zero attached hydrogens (tertiary/aromatic N) is 5. The van der Waals surface area contributed by atoms with Crippen molar-refractivity contribution in [2.45, 2.75) is 19.3 Å². The molecule has 0 atom stereocenters. The molecule has 0 saturated carbocycles. The zero-order valence-corrected chi connectivity index (χ0v) is 26.3. The number of aromatic nitrogens is 4. The van der Waals surface area contributed by atoms with Gasteiger partial charge in [0.25, 0.3) is 0 Å². The summed E-state index contributed by atoms with van der Waals surface area (Å²) in [5, 5.41) is 0. The maximum atomic E-state index is 5.96. The Hall–Kier alpha value is -2.97. The lowest BCUT2D eigenvalue weighted by molar-refractivity contribution is 0.313. The van der Waals surface area contributed by atoms with E-state index in [0.717, 1.165) is 97.8 Å². The molecule has 0 bridgehead atoms. The molecule has 0 spiro atoms. The first kappa shape index (κ1) is 30.5. The first-order valence-corrected chi connectivity index (χ1v) is 15.5. The molecule has 1 saturated heterocycles. The number of fused-ring (bicyclic) bond motifs is 2. The summed E-state index contributed by atoms with van der Waals surface area (Å²) < 4.78 is 0. The third-order valence-electron chi connectivity index (χ3n) is 8.03. The fourth-order valence-electron chi connectivity index (χ4n) is 5.63. The average Bonchev–Trinajstić information content (AvgIpc) is 3.61. The van der Waals surface area contributed by atoms with E-state index >= 15 is 0 Å². The van der Waals surface area contributed by atoms with Gasteiger partial charge in [-0.3, -0.25) is 0 Å². The van der Waals surface area contributed by atoms with Gasteiger partial charge < -0.3 is 24.7 Å². The van der Waals surface area contributed by atoms with E-state index in [0.29, 0.717) is 11.8 Å². The van der Waals surface area contributed by atoms with Crippen LogP contribution < -0.4 is 9.80 Å². The molecule has 10 heteroatoms. The van der Waals surface area contributed by atoms with Crippen molar-refractivity contribution < 1.29 is 0 Å². The molecular formula is C32H38Cl3N7. The fraction of sp³-hybridized carbons (Fsp3) is 0.375. The Morgan fingerprint density at radius 2 is 1.48 bits per heavy atom. The molecule has 7 nitrogen and oxygen atoms in total. The van der Waals surface area contributed by atoms with Crippen LogP contribution in [-0.2, 0) is 12.8 Å². The smallest absolute Gasteiger partial charge is 0.138 e. The first-order chi connectivity index (χ1) is 20.1. The van der Waals surface area contributed by atoms with Crippen LogP contribution in [0.5, 0.6) is 0 Å². The zero-order valence-electron chi connectivity index (χ0n) is 24.0. The van der Waals surface area contributed by atoms with E-state index in [1.54, 1.807) is 0 Å². The number of anilines is 2. The molecule has 0 aliphatic carbocycles. The summed E-state index contributed by atoms with van der Waals surface area (Å²) in [5.41, 5.74) is 8.89. The summed E-state index contributed by atoms with van der Waals surface area (Å²) in [6.45, 7) is 5.89. The van der Waals surface area contributed by atoms with Crippen LogP contribution in [0.4, 0.5) is 11.4 Å². The average molecular weight is 627 g/mol. The van der Waals surface area contributed by atoms with Crippen molar-refractivity contribution in [3.05, 3.63) is 72.1 Å². The summed E-state index contributed by atoms with van der Waals surface area (Å²) in [6.07, 6.45) is 2.93. The molecular weight excluding hydrogens is 589 g/mol. The van der Waals surface area contributed by atoms with Gasteiger partial charge in [-0.25, -0.2) is 9.97 Å². The standard InChI is InChI=1S/C32H37Cl2N7.ClH/c1-39-17-19-41(20-18-39)26-10-12-28-30(22-26)38-32(37-28)24-7-11-27-29(21-24)36-31(35-27)4-2-3-23-5-8-25(9-6-23)40(15-13-33)16-14-34;/h5-12,21-22H,2-4,13-20H2,1H3,(H,35,36)(H,37,38);1H. The van der Waals surface area contributed by atoms with Gasteiger partial charge in [0.2, 0.25) is 0 Å². The second-order valence-electron chi connectivity index (χ2n) is 10.9. The van der Waals surface area contributed by atoms with Crippen molar-refractivity contribution >= 4 is 69.1 Å². The molecule has 0 unspecified atom stereocenters. The number of imidazole rings is 2. The maximum absolute atomic E-state index is 5.96. The molecule has 0 amide bonds. The van der Waals surface area contributed by atoms with E-state index in [-0.39, 0.29) is 12.4 Å². The molecule has 0 radical (unpaired) electrons. The first-order valence-electron chi connectivity index (χ1n) is 14.5. The number of rotatable bonds is 11. The van der Waals surface area contributed by atoms with E-state index in [2.05, 4.69) is 92.4 Å². The van der Waals surface area contributed by atoms with Gasteiger partial charge in [-0.1, -0.05) is 12.1 Å². The summed E-state index contributed by atoms with van der Waals surface area (Å²) in [6, 6.07) is 21.6. The van der Waals surface area contributed by atoms with Crippen LogP contribution in [-0.4, -0.2) is 82.9 Å². The summed E-state index contributed by atoms with van der Waals surface area (Å²) in [7, 11) is 2.18. The van der Waals surface area contributed by atoms with Gasteiger partial charge in [0.15, 0.2) is 0 Å². The van der Waals surface area contributed by atoms with Gasteiger partial charge in [-0.05, 0) is 74.0 Å². The van der Waals surface area contributed by atoms with Crippen molar-refractivity contribution in [1.29, 1.82) is 0 Å². The number of nitrogens with one attached hydrogen (secondary N) is 2. The Balaban J connectivity index is 0.00000353. The second-order valence-corrected chi connectivity index (χ2v) is 11.6. The predicted octanol–water partition coefficient (Wildman–Crippen LogP) is 6.74. The van der Waals surface area contributed by atoms with Crippen molar-refractivity contribution in [3.8, 4) is 11.4 Å². The minimum atomic E-state index is 0. The summed E-state index contributed by atoms with van der Waals surface area (Å²) >= 11 is 11.9. The topological polar surface area (TPSA) is 67.1 Å². The van der Waals surface area contributed by atoms with Crippen molar-refractivity contribution in [3.63, 3.8) is 0 Å². The monoisotopic (exact) mass is 625 g/mol. The molecule has 6 rings (SSSR count). The molecule has 1 aliphatic heterocycles. The Kier molecular flexibility index (Phi) is 10.2. The number of hydrogen-bond acceptors (Lipinski definition) is 5. The van der Waals surface area contributed by atoms with Crippen molar-refractivity contribution in [2.75, 3.05) is 67.9 Å². The SMILES string of the molecule is CN1CCN(c2ccc3nc(-c4ccc5nc(CCCc6ccc(N(CCCl)CCCl)cc6)[nH]c5c4)[nH]c3c2)CC1.Cl. The highest BCUT2D eigenvalue weighted by molar-refractivity contribution is 6.18. The number of piperazine rings is 1. The highest BCUT2D eigenvalue weighted by Gasteiger charge is 2.16. The number of aryl methyl sites for hydroxylation is 2. The normalized spacial score (nSPS) is 14.0. The van der Waals surface area contributed by atoms with Gasteiger partial charge in [0.1, 0.15) is 11.6 Å². The summed E-state index contributed by atoms with van der Waals surface area (Å²) in [4.78, 5) is 23.9. The van der Waals surface area contributed by atoms with Crippen LogP contribution in [0.2, 0.25) is 0 Å². The minimum Gasteiger partial charge on any atom is -0.369 e. The van der Waals surface area contributed by atoms with E-state index in [1.807, 2.05) is 0 Å². The number of benzene rings is 3. The quantitative estimate of drug-likeness (QED) is 0.159. The highest BCUT2D eigenvalue weighted by Crippen LogP contribution is 2.27. The van der Waals surface area contributed by atoms with E-state index in [1.165, 1.54) is 16.9 Å². The molecule has 3 heterocycles. The van der Waals surface area contributed by atoms with Gasteiger partial charge >= 0.3 is 0 Å². The number of alkyl halides is 2. The Morgan fingerprint density at radius 1 is 0.786 bits per heavy atom. The zero-order chi connectivity index (χ0) is 28.2. The summed E-state index contributed by atoms with van der Waals surface area (Å²) in [5.74, 6) is 3.08. The number of hydrogen-bond donors (Lipinski definition) is 2. The van der Waals surface area contributed by atoms with Gasteiger partial charge in [-0.15, -0.1) is 35.6 Å². The predicted molar refractivity (Wildman–Crippen MR) is 180 cm³/mol. The molecule has 2 N–H and O–H groups in total. The number of H-pyrrole nitrogens is 2. The second kappa shape index (κ2) is 14.0. The van der Waals surface area contributed by atoms with Gasteiger partial charge in [-0.2, -0.15) is 0 Å². The van der Waals surface area contributed by atoms with E-state index in [4.69, 9.17) is 33.2 Å². The molecule has 42 heavy (non-hydrogen) atoms. The lowest BCUT2D eigenvalue weighted by atomic mass is 10.1.